The van der Waals surface area contributed by atoms with Crippen molar-refractivity contribution in [1.29, 1.82) is 0 Å². The van der Waals surface area contributed by atoms with Crippen LogP contribution in [0.2, 0.25) is 0 Å². The highest BCUT2D eigenvalue weighted by Gasteiger charge is 2.55. The molecule has 1 heterocycles. The van der Waals surface area contributed by atoms with Gasteiger partial charge in [0, 0.05) is 11.7 Å². The van der Waals surface area contributed by atoms with Crippen molar-refractivity contribution < 1.29 is 37.0 Å². The van der Waals surface area contributed by atoms with Crippen LogP contribution in [0.1, 0.15) is 53.7 Å². The van der Waals surface area contributed by atoms with Gasteiger partial charge in [-0.15, -0.1) is 0 Å². The number of hydrogen-bond acceptors (Lipinski definition) is 5. The summed E-state index contributed by atoms with van der Waals surface area (Å²) in [7, 11) is 0. The second kappa shape index (κ2) is 9.10. The van der Waals surface area contributed by atoms with Crippen LogP contribution < -0.4 is 15.4 Å². The molecule has 0 aliphatic heterocycles. The number of alkyl halides is 3. The maximum atomic E-state index is 13.4. The Morgan fingerprint density at radius 2 is 1.86 bits per heavy atom. The minimum atomic E-state index is -4.56. The molecule has 2 aromatic rings. The van der Waals surface area contributed by atoms with E-state index in [-0.39, 0.29) is 30.4 Å². The fraction of sp³-hybridized carbons (Fsp3) is 0.458. The van der Waals surface area contributed by atoms with Crippen LogP contribution in [0.3, 0.4) is 0 Å². The zero-order valence-electron chi connectivity index (χ0n) is 18.9. The number of nitrogens with one attached hydrogen (secondary N) is 2. The van der Waals surface area contributed by atoms with Gasteiger partial charge >= 0.3 is 6.18 Å². The second-order valence-electron chi connectivity index (χ2n) is 9.29. The fourth-order valence-electron chi connectivity index (χ4n) is 4.84. The van der Waals surface area contributed by atoms with E-state index in [0.717, 1.165) is 12.1 Å². The predicted octanol–water partition coefficient (Wildman–Crippen LogP) is 3.29. The molecule has 0 radical (unpaired) electrons. The van der Waals surface area contributed by atoms with Crippen LogP contribution in [0.4, 0.5) is 17.6 Å². The SMILES string of the molecule is Cc1cc(OCC(=O)NC23CCC(NC(=O)c4ccc(C(F)(F)F)cn4)(CC2)C(O)C3)ccc1F. The van der Waals surface area contributed by atoms with Gasteiger partial charge in [-0.3, -0.25) is 14.6 Å². The molecule has 1 aromatic heterocycles. The van der Waals surface area contributed by atoms with Gasteiger partial charge in [-0.2, -0.15) is 13.2 Å². The molecule has 3 aliphatic rings. The van der Waals surface area contributed by atoms with Crippen LogP contribution in [0.25, 0.3) is 0 Å². The minimum absolute atomic E-state index is 0.177. The minimum Gasteiger partial charge on any atom is -0.484 e. The molecule has 7 nitrogen and oxygen atoms in total. The summed E-state index contributed by atoms with van der Waals surface area (Å²) in [6.45, 7) is 1.32. The lowest BCUT2D eigenvalue weighted by atomic mass is 9.60. The standard InChI is InChI=1S/C24H25F4N3O4/c1-14-10-16(3-4-17(14)25)35-13-20(33)30-22-6-8-23(9-7-22,19(32)11-22)31-21(34)18-5-2-15(12-29-18)24(26,27)28/h2-5,10,12,19,32H,6-9,11,13H2,1H3,(H,30,33)(H,31,34). The summed E-state index contributed by atoms with van der Waals surface area (Å²) in [5.74, 6) is -1.06. The van der Waals surface area contributed by atoms with Gasteiger partial charge in [-0.25, -0.2) is 4.39 Å². The number of benzene rings is 1. The van der Waals surface area contributed by atoms with Crippen molar-refractivity contribution >= 4 is 11.8 Å². The summed E-state index contributed by atoms with van der Waals surface area (Å²) < 4.78 is 57.0. The molecule has 3 saturated carbocycles. The van der Waals surface area contributed by atoms with Crippen molar-refractivity contribution in [2.24, 2.45) is 0 Å². The van der Waals surface area contributed by atoms with Gasteiger partial charge in [0.25, 0.3) is 11.8 Å². The Kier molecular flexibility index (Phi) is 6.48. The summed E-state index contributed by atoms with van der Waals surface area (Å²) in [4.78, 5) is 28.8. The van der Waals surface area contributed by atoms with Crippen LogP contribution in [0, 0.1) is 12.7 Å². The Morgan fingerprint density at radius 1 is 1.14 bits per heavy atom. The molecular formula is C24H25F4N3O4. The number of aliphatic hydroxyl groups is 1. The number of carbonyl (C=O) groups excluding carboxylic acids is 2. The van der Waals surface area contributed by atoms with Gasteiger partial charge in [0.05, 0.1) is 17.2 Å². The van der Waals surface area contributed by atoms with Crippen LogP contribution in [0.15, 0.2) is 36.5 Å². The van der Waals surface area contributed by atoms with E-state index in [1.165, 1.54) is 18.2 Å². The average molecular weight is 495 g/mol. The Balaban J connectivity index is 1.34. The molecular weight excluding hydrogens is 470 g/mol. The molecule has 0 saturated heterocycles. The molecule has 5 rings (SSSR count). The molecule has 1 atom stereocenters. The van der Waals surface area contributed by atoms with E-state index in [1.807, 2.05) is 0 Å². The Bertz CT molecular complexity index is 1110. The van der Waals surface area contributed by atoms with Crippen LogP contribution >= 0.6 is 0 Å². The predicted molar refractivity (Wildman–Crippen MR) is 116 cm³/mol. The molecule has 11 heteroatoms. The Labute approximate surface area is 198 Å². The van der Waals surface area contributed by atoms with E-state index in [9.17, 15) is 32.3 Å². The maximum absolute atomic E-state index is 13.4. The molecule has 0 spiro atoms. The number of aryl methyl sites for hydroxylation is 1. The topological polar surface area (TPSA) is 101 Å². The summed E-state index contributed by atoms with van der Waals surface area (Å²) >= 11 is 0. The van der Waals surface area contributed by atoms with Crippen molar-refractivity contribution in [2.45, 2.75) is 62.4 Å². The number of amides is 2. The van der Waals surface area contributed by atoms with Gasteiger partial charge in [0.15, 0.2) is 6.61 Å². The number of hydrogen-bond donors (Lipinski definition) is 3. The lowest BCUT2D eigenvalue weighted by Gasteiger charge is -2.56. The monoisotopic (exact) mass is 495 g/mol. The van der Waals surface area contributed by atoms with Crippen LogP contribution in [0.5, 0.6) is 5.75 Å². The third-order valence-corrected chi connectivity index (χ3v) is 6.91. The van der Waals surface area contributed by atoms with Gasteiger partial charge in [0.2, 0.25) is 0 Å². The van der Waals surface area contributed by atoms with E-state index >= 15 is 0 Å². The van der Waals surface area contributed by atoms with Gasteiger partial charge in [-0.05, 0) is 74.9 Å². The number of nitrogens with zero attached hydrogens (tertiary/aromatic N) is 1. The molecule has 3 N–H and O–H groups in total. The zero-order valence-corrected chi connectivity index (χ0v) is 18.9. The van der Waals surface area contributed by atoms with E-state index in [0.29, 0.717) is 43.2 Å². The summed E-state index contributed by atoms with van der Waals surface area (Å²) in [6.07, 6.45) is -2.99. The van der Waals surface area contributed by atoms with Crippen LogP contribution in [-0.2, 0) is 11.0 Å². The lowest BCUT2D eigenvalue weighted by molar-refractivity contribution is -0.137. The van der Waals surface area contributed by atoms with Crippen molar-refractivity contribution in [3.8, 4) is 5.75 Å². The first-order valence-corrected chi connectivity index (χ1v) is 11.2. The van der Waals surface area contributed by atoms with Gasteiger partial charge in [-0.1, -0.05) is 0 Å². The van der Waals surface area contributed by atoms with Crippen molar-refractivity contribution in [2.75, 3.05) is 6.61 Å². The van der Waals surface area contributed by atoms with Crippen molar-refractivity contribution in [3.05, 3.63) is 59.2 Å². The smallest absolute Gasteiger partial charge is 0.417 e. The van der Waals surface area contributed by atoms with Crippen molar-refractivity contribution in [3.63, 3.8) is 0 Å². The number of fused-ring (bicyclic) bond motifs is 3. The number of rotatable bonds is 6. The maximum Gasteiger partial charge on any atom is 0.417 e. The summed E-state index contributed by atoms with van der Waals surface area (Å²) in [5, 5.41) is 16.5. The second-order valence-corrected chi connectivity index (χ2v) is 9.29. The normalized spacial score (nSPS) is 25.7. The largest absolute Gasteiger partial charge is 0.484 e. The lowest BCUT2D eigenvalue weighted by Crippen LogP contribution is -2.70. The number of aliphatic hydroxyl groups excluding tert-OH is 1. The Hall–Kier alpha value is -3.21. The van der Waals surface area contributed by atoms with E-state index in [1.54, 1.807) is 6.92 Å². The number of aromatic nitrogens is 1. The van der Waals surface area contributed by atoms with Crippen molar-refractivity contribution in [1.82, 2.24) is 15.6 Å². The molecule has 2 bridgehead atoms. The molecule has 188 valence electrons. The molecule has 2 amide bonds. The summed E-state index contributed by atoms with van der Waals surface area (Å²) in [5.41, 5.74) is -2.34. The first kappa shape index (κ1) is 24.9. The highest BCUT2D eigenvalue weighted by atomic mass is 19.4. The third-order valence-electron chi connectivity index (χ3n) is 6.91. The van der Waals surface area contributed by atoms with E-state index in [2.05, 4.69) is 15.6 Å². The molecule has 3 fully saturated rings. The molecule has 3 aliphatic carbocycles. The fourth-order valence-corrected chi connectivity index (χ4v) is 4.84. The highest BCUT2D eigenvalue weighted by molar-refractivity contribution is 5.93. The Morgan fingerprint density at radius 3 is 2.43 bits per heavy atom. The number of halogens is 4. The van der Waals surface area contributed by atoms with Gasteiger partial charge in [0.1, 0.15) is 17.3 Å². The first-order chi connectivity index (χ1) is 16.4. The number of carbonyl (C=O) groups is 2. The van der Waals surface area contributed by atoms with Crippen LogP contribution in [-0.4, -0.2) is 45.7 Å². The number of pyridine rings is 1. The zero-order chi connectivity index (χ0) is 25.4. The van der Waals surface area contributed by atoms with E-state index < -0.39 is 34.8 Å². The molecule has 35 heavy (non-hydrogen) atoms. The highest BCUT2D eigenvalue weighted by Crippen LogP contribution is 2.47. The number of ether oxygens (including phenoxy) is 1. The first-order valence-electron chi connectivity index (χ1n) is 11.2. The van der Waals surface area contributed by atoms with E-state index in [4.69, 9.17) is 4.74 Å². The molecule has 1 aromatic carbocycles. The third kappa shape index (κ3) is 5.24. The van der Waals surface area contributed by atoms with Gasteiger partial charge < -0.3 is 20.5 Å². The average Bonchev–Trinajstić information content (AvgIpc) is 2.80. The molecule has 1 unspecified atom stereocenters. The summed E-state index contributed by atoms with van der Waals surface area (Å²) in [6, 6.07) is 5.97. The quantitative estimate of drug-likeness (QED) is 0.534.